The normalized spacial score (nSPS) is 17.4. The van der Waals surface area contributed by atoms with E-state index in [0.29, 0.717) is 18.5 Å². The predicted molar refractivity (Wildman–Crippen MR) is 111 cm³/mol. The molecule has 1 fully saturated rings. The first-order chi connectivity index (χ1) is 13.8. The van der Waals surface area contributed by atoms with Gasteiger partial charge >= 0.3 is 0 Å². The standard InChI is InChI=1S/C23H26N4O/c24-23-25-13-12-22(26-23)20-7-4-14-27(16-20)15-18-8-10-21(11-9-18)28-17-19-5-2-1-3-6-19/h1-3,5-6,8-13,20H,4,7,14-17H2,(H2,24,25,26)/t20-/m0/s1. The van der Waals surface area contributed by atoms with Gasteiger partial charge in [-0.2, -0.15) is 0 Å². The van der Waals surface area contributed by atoms with Gasteiger partial charge in [-0.25, -0.2) is 9.97 Å². The number of hydrogen-bond donors (Lipinski definition) is 1. The summed E-state index contributed by atoms with van der Waals surface area (Å²) in [4.78, 5) is 10.9. The number of nitrogen functional groups attached to an aromatic ring is 1. The van der Waals surface area contributed by atoms with Gasteiger partial charge in [-0.1, -0.05) is 42.5 Å². The van der Waals surface area contributed by atoms with Crippen molar-refractivity contribution in [3.05, 3.63) is 83.7 Å². The molecule has 2 heterocycles. The highest BCUT2D eigenvalue weighted by atomic mass is 16.5. The van der Waals surface area contributed by atoms with Crippen LogP contribution >= 0.6 is 0 Å². The fourth-order valence-corrected chi connectivity index (χ4v) is 3.75. The molecule has 0 amide bonds. The molecule has 3 aromatic rings. The van der Waals surface area contributed by atoms with Gasteiger partial charge in [-0.05, 0) is 48.7 Å². The van der Waals surface area contributed by atoms with Crippen LogP contribution in [0.25, 0.3) is 0 Å². The first-order valence-electron chi connectivity index (χ1n) is 9.83. The summed E-state index contributed by atoms with van der Waals surface area (Å²) >= 11 is 0. The van der Waals surface area contributed by atoms with E-state index in [-0.39, 0.29) is 0 Å². The third-order valence-corrected chi connectivity index (χ3v) is 5.20. The van der Waals surface area contributed by atoms with Crippen molar-refractivity contribution >= 4 is 5.95 Å². The molecule has 1 aliphatic rings. The lowest BCUT2D eigenvalue weighted by Crippen LogP contribution is -2.34. The molecule has 0 bridgehead atoms. The van der Waals surface area contributed by atoms with E-state index in [9.17, 15) is 0 Å². The number of nitrogens with two attached hydrogens (primary N) is 1. The van der Waals surface area contributed by atoms with Crippen molar-refractivity contribution in [1.82, 2.24) is 14.9 Å². The van der Waals surface area contributed by atoms with Crippen LogP contribution in [0.5, 0.6) is 5.75 Å². The number of ether oxygens (including phenoxy) is 1. The number of nitrogens with zero attached hydrogens (tertiary/aromatic N) is 3. The van der Waals surface area contributed by atoms with Crippen molar-refractivity contribution in [3.63, 3.8) is 0 Å². The third-order valence-electron chi connectivity index (χ3n) is 5.20. The second-order valence-electron chi connectivity index (χ2n) is 7.33. The summed E-state index contributed by atoms with van der Waals surface area (Å²) in [5.41, 5.74) is 9.29. The van der Waals surface area contributed by atoms with Crippen molar-refractivity contribution in [1.29, 1.82) is 0 Å². The van der Waals surface area contributed by atoms with E-state index in [0.717, 1.165) is 37.5 Å². The Kier molecular flexibility index (Phi) is 5.83. The van der Waals surface area contributed by atoms with Crippen LogP contribution in [0, 0.1) is 0 Å². The van der Waals surface area contributed by atoms with Gasteiger partial charge < -0.3 is 10.5 Å². The predicted octanol–water partition coefficient (Wildman–Crippen LogP) is 4.02. The molecular weight excluding hydrogens is 348 g/mol. The highest BCUT2D eigenvalue weighted by molar-refractivity contribution is 5.28. The molecule has 2 N–H and O–H groups in total. The Hall–Kier alpha value is -2.92. The quantitative estimate of drug-likeness (QED) is 0.706. The molecule has 1 aliphatic heterocycles. The van der Waals surface area contributed by atoms with Crippen LogP contribution in [-0.2, 0) is 13.2 Å². The van der Waals surface area contributed by atoms with Crippen molar-refractivity contribution in [2.75, 3.05) is 18.8 Å². The third kappa shape index (κ3) is 4.87. The van der Waals surface area contributed by atoms with Crippen molar-refractivity contribution < 1.29 is 4.74 Å². The molecule has 0 radical (unpaired) electrons. The van der Waals surface area contributed by atoms with E-state index < -0.39 is 0 Å². The van der Waals surface area contributed by atoms with E-state index >= 15 is 0 Å². The first-order valence-corrected chi connectivity index (χ1v) is 9.83. The van der Waals surface area contributed by atoms with Crippen LogP contribution in [0.1, 0.15) is 35.6 Å². The average molecular weight is 374 g/mol. The summed E-state index contributed by atoms with van der Waals surface area (Å²) in [6.07, 6.45) is 4.08. The highest BCUT2D eigenvalue weighted by Crippen LogP contribution is 2.27. The molecule has 28 heavy (non-hydrogen) atoms. The maximum absolute atomic E-state index is 5.88. The number of benzene rings is 2. The van der Waals surface area contributed by atoms with Gasteiger partial charge in [0.25, 0.3) is 0 Å². The van der Waals surface area contributed by atoms with Gasteiger partial charge in [0.2, 0.25) is 5.95 Å². The monoisotopic (exact) mass is 374 g/mol. The van der Waals surface area contributed by atoms with Crippen LogP contribution in [0.15, 0.2) is 66.9 Å². The summed E-state index contributed by atoms with van der Waals surface area (Å²) in [6.45, 7) is 3.65. The minimum Gasteiger partial charge on any atom is -0.489 e. The number of hydrogen-bond acceptors (Lipinski definition) is 5. The molecule has 5 heteroatoms. The van der Waals surface area contributed by atoms with Gasteiger partial charge in [0, 0.05) is 25.2 Å². The SMILES string of the molecule is Nc1nccc([C@H]2CCCN(Cc3ccc(OCc4ccccc4)cc3)C2)n1. The fraction of sp³-hybridized carbons (Fsp3) is 0.304. The molecule has 1 aromatic heterocycles. The topological polar surface area (TPSA) is 64.3 Å². The van der Waals surface area contributed by atoms with Gasteiger partial charge in [-0.15, -0.1) is 0 Å². The van der Waals surface area contributed by atoms with E-state index in [4.69, 9.17) is 10.5 Å². The van der Waals surface area contributed by atoms with Crippen LogP contribution in [-0.4, -0.2) is 28.0 Å². The number of rotatable bonds is 6. The lowest BCUT2D eigenvalue weighted by Gasteiger charge is -2.32. The Morgan fingerprint density at radius 3 is 2.61 bits per heavy atom. The zero-order valence-corrected chi connectivity index (χ0v) is 16.0. The van der Waals surface area contributed by atoms with Gasteiger partial charge in [0.1, 0.15) is 12.4 Å². The number of likely N-dealkylation sites (tertiary alicyclic amines) is 1. The Morgan fingerprint density at radius 1 is 1.00 bits per heavy atom. The molecule has 0 aliphatic carbocycles. The van der Waals surface area contributed by atoms with Crippen LogP contribution < -0.4 is 10.5 Å². The molecule has 0 saturated carbocycles. The van der Waals surface area contributed by atoms with Crippen LogP contribution in [0.3, 0.4) is 0 Å². The van der Waals surface area contributed by atoms with Crippen molar-refractivity contribution in [3.8, 4) is 5.75 Å². The Bertz CT molecular complexity index is 883. The molecule has 2 aromatic carbocycles. The lowest BCUT2D eigenvalue weighted by atomic mass is 9.94. The summed E-state index contributed by atoms with van der Waals surface area (Å²) in [6, 6.07) is 20.7. The molecule has 5 nitrogen and oxygen atoms in total. The average Bonchev–Trinajstić information content (AvgIpc) is 2.74. The van der Waals surface area contributed by atoms with Gasteiger partial charge in [0.05, 0.1) is 5.69 Å². The molecule has 1 saturated heterocycles. The van der Waals surface area contributed by atoms with Crippen molar-refractivity contribution in [2.24, 2.45) is 0 Å². The highest BCUT2D eigenvalue weighted by Gasteiger charge is 2.22. The zero-order valence-electron chi connectivity index (χ0n) is 16.0. The van der Waals surface area contributed by atoms with E-state index in [1.165, 1.54) is 17.5 Å². The van der Waals surface area contributed by atoms with Gasteiger partial charge in [-0.3, -0.25) is 4.90 Å². The molecule has 0 spiro atoms. The van der Waals surface area contributed by atoms with Crippen molar-refractivity contribution in [2.45, 2.75) is 31.9 Å². The van der Waals surface area contributed by atoms with Crippen LogP contribution in [0.4, 0.5) is 5.95 Å². The molecular formula is C23H26N4O. The number of aromatic nitrogens is 2. The van der Waals surface area contributed by atoms with E-state index in [1.807, 2.05) is 24.3 Å². The largest absolute Gasteiger partial charge is 0.489 e. The van der Waals surface area contributed by atoms with Gasteiger partial charge in [0.15, 0.2) is 0 Å². The fourth-order valence-electron chi connectivity index (χ4n) is 3.75. The second kappa shape index (κ2) is 8.85. The maximum atomic E-state index is 5.88. The number of piperidine rings is 1. The first kappa shape index (κ1) is 18.4. The molecule has 0 unspecified atom stereocenters. The zero-order chi connectivity index (χ0) is 19.2. The smallest absolute Gasteiger partial charge is 0.220 e. The van der Waals surface area contributed by atoms with E-state index in [1.54, 1.807) is 6.20 Å². The molecule has 144 valence electrons. The molecule has 4 rings (SSSR count). The van der Waals surface area contributed by atoms with Crippen LogP contribution in [0.2, 0.25) is 0 Å². The minimum atomic E-state index is 0.362. The maximum Gasteiger partial charge on any atom is 0.220 e. The summed E-state index contributed by atoms with van der Waals surface area (Å²) in [5, 5.41) is 0. The molecule has 1 atom stereocenters. The summed E-state index contributed by atoms with van der Waals surface area (Å²) < 4.78 is 5.88. The minimum absolute atomic E-state index is 0.362. The summed E-state index contributed by atoms with van der Waals surface area (Å²) in [5.74, 6) is 1.69. The Labute approximate surface area is 166 Å². The Balaban J connectivity index is 1.32. The Morgan fingerprint density at radius 2 is 1.82 bits per heavy atom. The summed E-state index contributed by atoms with van der Waals surface area (Å²) in [7, 11) is 0. The van der Waals surface area contributed by atoms with E-state index in [2.05, 4.69) is 51.3 Å². The second-order valence-corrected chi connectivity index (χ2v) is 7.33. The number of anilines is 1. The lowest BCUT2D eigenvalue weighted by molar-refractivity contribution is 0.198.